The predicted octanol–water partition coefficient (Wildman–Crippen LogP) is 2.24. The maximum atomic E-state index is 12.5. The maximum absolute atomic E-state index is 12.5. The molecule has 21 heavy (non-hydrogen) atoms. The van der Waals surface area contributed by atoms with Crippen molar-refractivity contribution in [3.8, 4) is 0 Å². The van der Waals surface area contributed by atoms with E-state index in [0.29, 0.717) is 10.7 Å². The molecule has 5 nitrogen and oxygen atoms in total. The van der Waals surface area contributed by atoms with E-state index in [1.165, 1.54) is 0 Å². The lowest BCUT2D eigenvalue weighted by Gasteiger charge is -2.21. The first-order chi connectivity index (χ1) is 9.99. The van der Waals surface area contributed by atoms with E-state index in [9.17, 15) is 14.7 Å². The second-order valence-corrected chi connectivity index (χ2v) is 5.65. The molecule has 0 radical (unpaired) electrons. The number of benzene rings is 1. The summed E-state index contributed by atoms with van der Waals surface area (Å²) >= 11 is 6.02. The molecular weight excluding hydrogens is 294 g/mol. The molecule has 110 valence electrons. The summed E-state index contributed by atoms with van der Waals surface area (Å²) in [7, 11) is 0. The second-order valence-electron chi connectivity index (χ2n) is 5.24. The number of carboxylic acid groups (broad SMARTS) is 1. The number of amides is 1. The third kappa shape index (κ3) is 2.32. The van der Waals surface area contributed by atoms with Gasteiger partial charge >= 0.3 is 5.97 Å². The number of aliphatic carboxylic acids is 1. The van der Waals surface area contributed by atoms with Crippen molar-refractivity contribution in [2.24, 2.45) is 11.8 Å². The second kappa shape index (κ2) is 5.16. The van der Waals surface area contributed by atoms with Gasteiger partial charge in [0.25, 0.3) is 0 Å². The molecule has 1 saturated heterocycles. The van der Waals surface area contributed by atoms with Crippen LogP contribution in [0.5, 0.6) is 0 Å². The molecule has 2 heterocycles. The first-order valence-corrected chi connectivity index (χ1v) is 6.99. The van der Waals surface area contributed by atoms with Crippen LogP contribution in [-0.2, 0) is 14.3 Å². The average molecular weight is 308 g/mol. The van der Waals surface area contributed by atoms with Gasteiger partial charge in [-0.3, -0.25) is 9.59 Å². The topological polar surface area (TPSA) is 75.6 Å². The first-order valence-electron chi connectivity index (χ1n) is 6.61. The zero-order valence-corrected chi connectivity index (χ0v) is 12.0. The third-order valence-electron chi connectivity index (χ3n) is 4.01. The van der Waals surface area contributed by atoms with Crippen molar-refractivity contribution in [2.75, 3.05) is 5.32 Å². The highest BCUT2D eigenvalue weighted by Crippen LogP contribution is 2.40. The van der Waals surface area contributed by atoms with E-state index < -0.39 is 30.0 Å². The molecule has 2 aliphatic rings. The number of ether oxygens (including phenoxy) is 1. The Morgan fingerprint density at radius 1 is 1.24 bits per heavy atom. The van der Waals surface area contributed by atoms with Crippen molar-refractivity contribution in [3.63, 3.8) is 0 Å². The van der Waals surface area contributed by atoms with E-state index in [-0.39, 0.29) is 5.91 Å². The lowest BCUT2D eigenvalue weighted by molar-refractivity contribution is -0.145. The number of carboxylic acids is 1. The van der Waals surface area contributed by atoms with Crippen molar-refractivity contribution in [3.05, 3.63) is 40.9 Å². The number of rotatable bonds is 3. The van der Waals surface area contributed by atoms with Crippen LogP contribution in [0.3, 0.4) is 0 Å². The van der Waals surface area contributed by atoms with E-state index in [1.807, 2.05) is 0 Å². The Morgan fingerprint density at radius 2 is 1.90 bits per heavy atom. The lowest BCUT2D eigenvalue weighted by Crippen LogP contribution is -2.39. The van der Waals surface area contributed by atoms with Gasteiger partial charge in [0.1, 0.15) is 5.92 Å². The van der Waals surface area contributed by atoms with Crippen molar-refractivity contribution in [2.45, 2.75) is 19.1 Å². The molecule has 2 N–H and O–H groups in total. The van der Waals surface area contributed by atoms with E-state index in [0.717, 1.165) is 5.56 Å². The molecule has 0 unspecified atom stereocenters. The van der Waals surface area contributed by atoms with Gasteiger partial charge in [-0.25, -0.2) is 0 Å². The fourth-order valence-corrected chi connectivity index (χ4v) is 3.05. The van der Waals surface area contributed by atoms with Crippen LogP contribution in [0, 0.1) is 18.8 Å². The minimum absolute atomic E-state index is 0.357. The van der Waals surface area contributed by atoms with E-state index in [1.54, 1.807) is 37.3 Å². The summed E-state index contributed by atoms with van der Waals surface area (Å²) in [6.45, 7) is 1.80. The molecule has 0 aromatic heterocycles. The normalized spacial score (nSPS) is 29.6. The van der Waals surface area contributed by atoms with Gasteiger partial charge in [-0.2, -0.15) is 0 Å². The quantitative estimate of drug-likeness (QED) is 0.840. The number of fused-ring (bicyclic) bond motifs is 2. The SMILES string of the molecule is Cc1c(Cl)cccc1NC(=O)[C@H]1[C@@H](C(=O)O)[C@H]2C=C[C@H]1O2. The Hall–Kier alpha value is -1.85. The van der Waals surface area contributed by atoms with E-state index in [4.69, 9.17) is 16.3 Å². The summed E-state index contributed by atoms with van der Waals surface area (Å²) in [6, 6.07) is 5.20. The van der Waals surface area contributed by atoms with Crippen LogP contribution < -0.4 is 5.32 Å². The van der Waals surface area contributed by atoms with Gasteiger partial charge in [-0.1, -0.05) is 29.8 Å². The van der Waals surface area contributed by atoms with Crippen LogP contribution in [0.1, 0.15) is 5.56 Å². The van der Waals surface area contributed by atoms with Crippen LogP contribution in [0.25, 0.3) is 0 Å². The zero-order valence-electron chi connectivity index (χ0n) is 11.2. The molecule has 3 rings (SSSR count). The molecule has 0 aliphatic carbocycles. The van der Waals surface area contributed by atoms with Crippen molar-refractivity contribution in [1.29, 1.82) is 0 Å². The number of hydrogen-bond donors (Lipinski definition) is 2. The molecule has 2 aliphatic heterocycles. The smallest absolute Gasteiger partial charge is 0.310 e. The minimum Gasteiger partial charge on any atom is -0.481 e. The Bertz CT molecular complexity index is 643. The summed E-state index contributed by atoms with van der Waals surface area (Å²) in [6.07, 6.45) is 2.45. The molecule has 0 spiro atoms. The first kappa shape index (κ1) is 14.1. The van der Waals surface area contributed by atoms with Crippen LogP contribution in [0.4, 0.5) is 5.69 Å². The largest absolute Gasteiger partial charge is 0.481 e. The van der Waals surface area contributed by atoms with Crippen LogP contribution in [0.2, 0.25) is 5.02 Å². The van der Waals surface area contributed by atoms with Crippen LogP contribution in [-0.4, -0.2) is 29.2 Å². The monoisotopic (exact) mass is 307 g/mol. The number of halogens is 1. The minimum atomic E-state index is -1.02. The highest BCUT2D eigenvalue weighted by molar-refractivity contribution is 6.31. The van der Waals surface area contributed by atoms with Crippen molar-refractivity contribution < 1.29 is 19.4 Å². The molecule has 1 aromatic rings. The average Bonchev–Trinajstić information content (AvgIpc) is 3.04. The maximum Gasteiger partial charge on any atom is 0.310 e. The molecule has 1 aromatic carbocycles. The van der Waals surface area contributed by atoms with Gasteiger partial charge in [-0.15, -0.1) is 0 Å². The van der Waals surface area contributed by atoms with Gasteiger partial charge < -0.3 is 15.2 Å². The van der Waals surface area contributed by atoms with Gasteiger partial charge in [0.05, 0.1) is 18.1 Å². The Balaban J connectivity index is 1.84. The number of anilines is 1. The van der Waals surface area contributed by atoms with E-state index >= 15 is 0 Å². The summed E-state index contributed by atoms with van der Waals surface area (Å²) in [5.74, 6) is -2.95. The number of nitrogens with one attached hydrogen (secondary N) is 1. The Kier molecular flexibility index (Phi) is 3.47. The summed E-state index contributed by atoms with van der Waals surface area (Å²) in [4.78, 5) is 23.8. The van der Waals surface area contributed by atoms with Gasteiger partial charge in [-0.05, 0) is 24.6 Å². The fraction of sp³-hybridized carbons (Fsp3) is 0.333. The molecule has 4 atom stereocenters. The van der Waals surface area contributed by atoms with Crippen LogP contribution >= 0.6 is 11.6 Å². The van der Waals surface area contributed by atoms with Crippen molar-refractivity contribution >= 4 is 29.2 Å². The number of carbonyl (C=O) groups excluding carboxylic acids is 1. The third-order valence-corrected chi connectivity index (χ3v) is 4.42. The highest BCUT2D eigenvalue weighted by Gasteiger charge is 2.53. The number of carbonyl (C=O) groups is 2. The highest BCUT2D eigenvalue weighted by atomic mass is 35.5. The van der Waals surface area contributed by atoms with E-state index in [2.05, 4.69) is 5.32 Å². The van der Waals surface area contributed by atoms with Gasteiger partial charge in [0.15, 0.2) is 0 Å². The summed E-state index contributed by atoms with van der Waals surface area (Å²) in [5.41, 5.74) is 1.34. The lowest BCUT2D eigenvalue weighted by atomic mass is 9.82. The van der Waals surface area contributed by atoms with Crippen molar-refractivity contribution in [1.82, 2.24) is 0 Å². The summed E-state index contributed by atoms with van der Waals surface area (Å²) < 4.78 is 5.49. The zero-order chi connectivity index (χ0) is 15.1. The molecule has 0 saturated carbocycles. The van der Waals surface area contributed by atoms with Gasteiger partial charge in [0, 0.05) is 10.7 Å². The molecule has 2 bridgehead atoms. The molecule has 6 heteroatoms. The predicted molar refractivity (Wildman–Crippen MR) is 77.2 cm³/mol. The molecule has 1 amide bonds. The standard InChI is InChI=1S/C15H14ClNO4/c1-7-8(16)3-2-4-9(7)17-14(18)12-10-5-6-11(21-10)13(12)15(19)20/h2-6,10-13H,1H3,(H,17,18)(H,19,20)/t10-,11-,12-,13+/m1/s1. The molecular formula is C15H14ClNO4. The number of hydrogen-bond acceptors (Lipinski definition) is 3. The Labute approximate surface area is 126 Å². The fourth-order valence-electron chi connectivity index (χ4n) is 2.87. The summed E-state index contributed by atoms with van der Waals surface area (Å²) in [5, 5.41) is 12.6. The van der Waals surface area contributed by atoms with Crippen LogP contribution in [0.15, 0.2) is 30.4 Å². The Morgan fingerprint density at radius 3 is 2.57 bits per heavy atom. The molecule has 1 fully saturated rings. The van der Waals surface area contributed by atoms with Gasteiger partial charge in [0.2, 0.25) is 5.91 Å².